The minimum absolute atomic E-state index is 0.254. The van der Waals surface area contributed by atoms with Crippen LogP contribution in [-0.4, -0.2) is 32.3 Å². The number of urea groups is 1. The maximum Gasteiger partial charge on any atom is 0.334 e. The summed E-state index contributed by atoms with van der Waals surface area (Å²) >= 11 is 1.30. The van der Waals surface area contributed by atoms with Crippen molar-refractivity contribution in [2.45, 2.75) is 32.9 Å². The third-order valence-corrected chi connectivity index (χ3v) is 5.63. The van der Waals surface area contributed by atoms with Gasteiger partial charge in [0.25, 0.3) is 5.91 Å². The molecule has 3 aromatic rings. The van der Waals surface area contributed by atoms with Crippen LogP contribution in [0.15, 0.2) is 41.9 Å². The molecule has 0 aliphatic carbocycles. The van der Waals surface area contributed by atoms with E-state index in [1.807, 2.05) is 42.6 Å². The lowest BCUT2D eigenvalue weighted by Gasteiger charge is -2.28. The number of benzene rings is 1. The SMILES string of the molecule is Cc1csc(N2C(=O)N(Cc3ccnc4ccccc34)C(C)(C)C2=O)n1. The summed E-state index contributed by atoms with van der Waals surface area (Å²) in [7, 11) is 0. The lowest BCUT2D eigenvalue weighted by molar-refractivity contribution is -0.123. The quantitative estimate of drug-likeness (QED) is 0.662. The summed E-state index contributed by atoms with van der Waals surface area (Å²) in [5.74, 6) is -0.254. The van der Waals surface area contributed by atoms with Gasteiger partial charge in [0.2, 0.25) is 5.13 Å². The maximum absolute atomic E-state index is 13.1. The predicted octanol–water partition coefficient (Wildman–Crippen LogP) is 3.75. The fourth-order valence-electron chi connectivity index (χ4n) is 3.18. The van der Waals surface area contributed by atoms with E-state index >= 15 is 0 Å². The standard InChI is InChI=1S/C19H18N4O2S/c1-12-11-26-17(21-12)23-16(24)19(2,3)22(18(23)25)10-13-8-9-20-15-7-5-4-6-14(13)15/h4-9,11H,10H2,1-3H3. The van der Waals surface area contributed by atoms with E-state index in [0.29, 0.717) is 11.7 Å². The molecule has 26 heavy (non-hydrogen) atoms. The Balaban J connectivity index is 1.74. The second-order valence-corrected chi connectivity index (χ2v) is 7.66. The highest BCUT2D eigenvalue weighted by Gasteiger charge is 2.52. The number of para-hydroxylation sites is 1. The van der Waals surface area contributed by atoms with Gasteiger partial charge in [-0.05, 0) is 38.5 Å². The molecular formula is C19H18N4O2S. The Morgan fingerprint density at radius 2 is 1.92 bits per heavy atom. The smallest absolute Gasteiger partial charge is 0.305 e. The van der Waals surface area contributed by atoms with Crippen LogP contribution in [0.25, 0.3) is 10.9 Å². The summed E-state index contributed by atoms with van der Waals surface area (Å²) < 4.78 is 0. The monoisotopic (exact) mass is 366 g/mol. The van der Waals surface area contributed by atoms with Crippen molar-refractivity contribution in [3.05, 3.63) is 53.2 Å². The van der Waals surface area contributed by atoms with Crippen molar-refractivity contribution >= 4 is 39.3 Å². The molecule has 1 aromatic carbocycles. The van der Waals surface area contributed by atoms with E-state index in [2.05, 4.69) is 9.97 Å². The first kappa shape index (κ1) is 16.7. The molecule has 1 aliphatic heterocycles. The van der Waals surface area contributed by atoms with E-state index in [9.17, 15) is 9.59 Å². The van der Waals surface area contributed by atoms with Crippen LogP contribution in [0.3, 0.4) is 0 Å². The molecule has 1 saturated heterocycles. The van der Waals surface area contributed by atoms with E-state index in [-0.39, 0.29) is 11.9 Å². The Labute approximate surface area is 155 Å². The van der Waals surface area contributed by atoms with Gasteiger partial charge in [-0.1, -0.05) is 18.2 Å². The fourth-order valence-corrected chi connectivity index (χ4v) is 3.97. The Kier molecular flexibility index (Phi) is 3.77. The summed E-state index contributed by atoms with van der Waals surface area (Å²) in [6.45, 7) is 5.73. The van der Waals surface area contributed by atoms with Crippen LogP contribution in [0, 0.1) is 6.92 Å². The number of thiazole rings is 1. The van der Waals surface area contributed by atoms with Crippen LogP contribution in [0.5, 0.6) is 0 Å². The number of anilines is 1. The third-order valence-electron chi connectivity index (χ3n) is 4.69. The van der Waals surface area contributed by atoms with Gasteiger partial charge in [-0.2, -0.15) is 0 Å². The third kappa shape index (κ3) is 2.47. The number of carbonyl (C=O) groups excluding carboxylic acids is 2. The van der Waals surface area contributed by atoms with Crippen molar-refractivity contribution in [2.75, 3.05) is 4.90 Å². The molecule has 0 spiro atoms. The molecule has 0 N–H and O–H groups in total. The summed E-state index contributed by atoms with van der Waals surface area (Å²) in [5.41, 5.74) is 1.68. The first-order chi connectivity index (χ1) is 12.4. The molecule has 0 atom stereocenters. The Hall–Kier alpha value is -2.80. The normalized spacial score (nSPS) is 16.7. The van der Waals surface area contributed by atoms with E-state index in [1.165, 1.54) is 16.2 Å². The molecule has 132 valence electrons. The predicted molar refractivity (Wildman–Crippen MR) is 101 cm³/mol. The van der Waals surface area contributed by atoms with Crippen molar-refractivity contribution < 1.29 is 9.59 Å². The number of amides is 3. The Morgan fingerprint density at radius 3 is 2.65 bits per heavy atom. The Bertz CT molecular complexity index is 1020. The van der Waals surface area contributed by atoms with Crippen LogP contribution in [0.2, 0.25) is 0 Å². The molecule has 1 fully saturated rings. The number of carbonyl (C=O) groups is 2. The number of aryl methyl sites for hydroxylation is 1. The second kappa shape index (κ2) is 5.88. The van der Waals surface area contributed by atoms with Gasteiger partial charge in [-0.25, -0.2) is 14.7 Å². The summed E-state index contributed by atoms with van der Waals surface area (Å²) in [6.07, 6.45) is 1.73. The molecule has 0 saturated carbocycles. The van der Waals surface area contributed by atoms with Gasteiger partial charge < -0.3 is 4.90 Å². The number of imide groups is 1. The summed E-state index contributed by atoms with van der Waals surface area (Å²) in [4.78, 5) is 37.5. The van der Waals surface area contributed by atoms with Crippen molar-refractivity contribution in [3.63, 3.8) is 0 Å². The fraction of sp³-hybridized carbons (Fsp3) is 0.263. The van der Waals surface area contributed by atoms with Crippen molar-refractivity contribution in [2.24, 2.45) is 0 Å². The lowest BCUT2D eigenvalue weighted by atomic mass is 10.0. The number of hydrogen-bond donors (Lipinski definition) is 0. The van der Waals surface area contributed by atoms with Crippen molar-refractivity contribution in [1.82, 2.24) is 14.9 Å². The highest BCUT2D eigenvalue weighted by molar-refractivity contribution is 7.14. The van der Waals surface area contributed by atoms with Gasteiger partial charge in [-0.15, -0.1) is 11.3 Å². The van der Waals surface area contributed by atoms with Gasteiger partial charge >= 0.3 is 6.03 Å². The number of pyridine rings is 1. The average Bonchev–Trinajstić information content (AvgIpc) is 3.11. The number of rotatable bonds is 3. The zero-order valence-electron chi connectivity index (χ0n) is 14.8. The Morgan fingerprint density at radius 1 is 1.15 bits per heavy atom. The first-order valence-corrected chi connectivity index (χ1v) is 9.18. The minimum atomic E-state index is -0.943. The van der Waals surface area contributed by atoms with Crippen molar-refractivity contribution in [1.29, 1.82) is 0 Å². The van der Waals surface area contributed by atoms with E-state index in [0.717, 1.165) is 22.2 Å². The van der Waals surface area contributed by atoms with Gasteiger partial charge in [0.15, 0.2) is 0 Å². The van der Waals surface area contributed by atoms with Gasteiger partial charge in [0.1, 0.15) is 5.54 Å². The molecule has 1 aliphatic rings. The van der Waals surface area contributed by atoms with Crippen LogP contribution in [-0.2, 0) is 11.3 Å². The number of nitrogens with zero attached hydrogens (tertiary/aromatic N) is 4. The average molecular weight is 366 g/mol. The van der Waals surface area contributed by atoms with Gasteiger partial charge in [0, 0.05) is 23.5 Å². The van der Waals surface area contributed by atoms with Crippen LogP contribution < -0.4 is 4.90 Å². The van der Waals surface area contributed by atoms with E-state index in [4.69, 9.17) is 0 Å². The molecule has 4 rings (SSSR count). The highest BCUT2D eigenvalue weighted by Crippen LogP contribution is 2.35. The maximum atomic E-state index is 13.1. The number of aromatic nitrogens is 2. The molecule has 0 unspecified atom stereocenters. The number of hydrogen-bond acceptors (Lipinski definition) is 5. The first-order valence-electron chi connectivity index (χ1n) is 8.30. The molecule has 0 radical (unpaired) electrons. The van der Waals surface area contributed by atoms with Crippen LogP contribution in [0.4, 0.5) is 9.93 Å². The lowest BCUT2D eigenvalue weighted by Crippen LogP contribution is -2.43. The second-order valence-electron chi connectivity index (χ2n) is 6.83. The molecule has 6 nitrogen and oxygen atoms in total. The minimum Gasteiger partial charge on any atom is -0.305 e. The summed E-state index contributed by atoms with van der Waals surface area (Å²) in [5, 5.41) is 3.24. The molecule has 3 amide bonds. The molecule has 0 bridgehead atoms. The molecule has 3 heterocycles. The molecule has 2 aromatic heterocycles. The molecular weight excluding hydrogens is 348 g/mol. The van der Waals surface area contributed by atoms with Gasteiger partial charge in [-0.3, -0.25) is 9.78 Å². The largest absolute Gasteiger partial charge is 0.334 e. The zero-order valence-corrected chi connectivity index (χ0v) is 15.6. The van der Waals surface area contributed by atoms with E-state index < -0.39 is 5.54 Å². The van der Waals surface area contributed by atoms with Crippen LogP contribution in [0.1, 0.15) is 25.1 Å². The zero-order chi connectivity index (χ0) is 18.5. The van der Waals surface area contributed by atoms with Crippen molar-refractivity contribution in [3.8, 4) is 0 Å². The summed E-state index contributed by atoms with van der Waals surface area (Å²) in [6, 6.07) is 9.35. The van der Waals surface area contributed by atoms with Gasteiger partial charge in [0.05, 0.1) is 11.2 Å². The topological polar surface area (TPSA) is 66.4 Å². The van der Waals surface area contributed by atoms with Crippen LogP contribution >= 0.6 is 11.3 Å². The highest BCUT2D eigenvalue weighted by atomic mass is 32.1. The number of fused-ring (bicyclic) bond motifs is 1. The molecule has 7 heteroatoms. The van der Waals surface area contributed by atoms with E-state index in [1.54, 1.807) is 24.9 Å².